The first kappa shape index (κ1) is 9.64. The summed E-state index contributed by atoms with van der Waals surface area (Å²) in [4.78, 5) is 5.08. The average molecular weight is 186 g/mol. The van der Waals surface area contributed by atoms with E-state index in [-0.39, 0.29) is 5.54 Å². The summed E-state index contributed by atoms with van der Waals surface area (Å²) < 4.78 is 5.39. The second-order valence-corrected chi connectivity index (χ2v) is 4.42. The maximum Gasteiger partial charge on any atom is 0.0826 e. The molecule has 68 valence electrons. The van der Waals surface area contributed by atoms with Gasteiger partial charge in [0.2, 0.25) is 0 Å². The number of hydrogen-bond donors (Lipinski definition) is 1. The molecule has 0 aromatic carbocycles. The van der Waals surface area contributed by atoms with E-state index in [2.05, 4.69) is 4.98 Å². The topological polar surface area (TPSA) is 48.1 Å². The van der Waals surface area contributed by atoms with Crippen LogP contribution >= 0.6 is 11.3 Å². The van der Waals surface area contributed by atoms with Crippen molar-refractivity contribution in [3.63, 3.8) is 0 Å². The number of nitrogens with two attached hydrogens (primary N) is 1. The van der Waals surface area contributed by atoms with E-state index in [9.17, 15) is 0 Å². The highest BCUT2D eigenvalue weighted by atomic mass is 32.1. The van der Waals surface area contributed by atoms with Crippen LogP contribution in [-0.2, 0) is 11.3 Å². The first-order valence-corrected chi connectivity index (χ1v) is 4.70. The molecule has 4 heteroatoms. The van der Waals surface area contributed by atoms with E-state index in [4.69, 9.17) is 10.5 Å². The predicted octanol–water partition coefficient (Wildman–Crippen LogP) is 1.40. The third-order valence-corrected chi connectivity index (χ3v) is 1.95. The van der Waals surface area contributed by atoms with Gasteiger partial charge in [-0.05, 0) is 13.8 Å². The number of aromatic nitrogens is 1. The summed E-state index contributed by atoms with van der Waals surface area (Å²) in [5, 5.41) is 0. The summed E-state index contributed by atoms with van der Waals surface area (Å²) >= 11 is 1.60. The van der Waals surface area contributed by atoms with Gasteiger partial charge in [0.25, 0.3) is 0 Å². The molecule has 12 heavy (non-hydrogen) atoms. The molecule has 1 aromatic heterocycles. The number of rotatable bonds is 4. The van der Waals surface area contributed by atoms with Crippen LogP contribution in [0.25, 0.3) is 0 Å². The van der Waals surface area contributed by atoms with Crippen molar-refractivity contribution < 1.29 is 4.74 Å². The molecule has 0 unspecified atom stereocenters. The van der Waals surface area contributed by atoms with Gasteiger partial charge in [-0.3, -0.25) is 4.98 Å². The monoisotopic (exact) mass is 186 g/mol. The molecule has 0 radical (unpaired) electrons. The normalized spacial score (nSPS) is 11.9. The van der Waals surface area contributed by atoms with Crippen LogP contribution in [0.1, 0.15) is 18.7 Å². The van der Waals surface area contributed by atoms with Crippen molar-refractivity contribution in [3.05, 3.63) is 16.6 Å². The molecule has 1 rings (SSSR count). The van der Waals surface area contributed by atoms with E-state index in [1.807, 2.05) is 20.0 Å². The fraction of sp³-hybridized carbons (Fsp3) is 0.625. The second-order valence-electron chi connectivity index (χ2n) is 3.45. The molecule has 0 atom stereocenters. The molecular weight excluding hydrogens is 172 g/mol. The van der Waals surface area contributed by atoms with Crippen molar-refractivity contribution in [2.24, 2.45) is 5.73 Å². The summed E-state index contributed by atoms with van der Waals surface area (Å²) in [7, 11) is 0. The van der Waals surface area contributed by atoms with Crippen molar-refractivity contribution in [1.29, 1.82) is 0 Å². The Morgan fingerprint density at radius 2 is 2.42 bits per heavy atom. The van der Waals surface area contributed by atoms with Crippen LogP contribution in [0.2, 0.25) is 0 Å². The molecule has 0 aliphatic carbocycles. The zero-order valence-corrected chi connectivity index (χ0v) is 8.23. The predicted molar refractivity (Wildman–Crippen MR) is 50.0 cm³/mol. The van der Waals surface area contributed by atoms with Gasteiger partial charge in [0.05, 0.1) is 23.6 Å². The molecule has 0 saturated heterocycles. The van der Waals surface area contributed by atoms with Gasteiger partial charge < -0.3 is 10.5 Å². The Morgan fingerprint density at radius 3 is 2.92 bits per heavy atom. The van der Waals surface area contributed by atoms with Crippen molar-refractivity contribution in [2.75, 3.05) is 6.61 Å². The zero-order valence-electron chi connectivity index (χ0n) is 7.41. The summed E-state index contributed by atoms with van der Waals surface area (Å²) in [6, 6.07) is 0. The van der Waals surface area contributed by atoms with Crippen molar-refractivity contribution in [3.8, 4) is 0 Å². The minimum absolute atomic E-state index is 0.245. The molecular formula is C8H14N2OS. The Kier molecular flexibility index (Phi) is 3.20. The lowest BCUT2D eigenvalue weighted by Crippen LogP contribution is -2.37. The van der Waals surface area contributed by atoms with Crippen molar-refractivity contribution >= 4 is 11.3 Å². The van der Waals surface area contributed by atoms with Gasteiger partial charge in [-0.2, -0.15) is 0 Å². The number of thiazole rings is 1. The standard InChI is InChI=1S/C8H14N2OS/c1-8(2,9)5-11-4-7-3-10-6-12-7/h3,6H,4-5,9H2,1-2H3. The Bertz CT molecular complexity index is 215. The van der Waals surface area contributed by atoms with Crippen molar-refractivity contribution in [2.45, 2.75) is 26.0 Å². The summed E-state index contributed by atoms with van der Waals surface area (Å²) in [6.45, 7) is 5.08. The molecule has 0 amide bonds. The van der Waals surface area contributed by atoms with Gasteiger partial charge in [-0.25, -0.2) is 0 Å². The van der Waals surface area contributed by atoms with Crippen LogP contribution in [0, 0.1) is 0 Å². The van der Waals surface area contributed by atoms with Crippen LogP contribution in [0.3, 0.4) is 0 Å². The number of ether oxygens (including phenoxy) is 1. The highest BCUT2D eigenvalue weighted by Crippen LogP contribution is 2.08. The van der Waals surface area contributed by atoms with Gasteiger partial charge >= 0.3 is 0 Å². The molecule has 0 aliphatic heterocycles. The van der Waals surface area contributed by atoms with E-state index in [1.54, 1.807) is 16.8 Å². The quantitative estimate of drug-likeness (QED) is 0.773. The van der Waals surface area contributed by atoms with Gasteiger partial charge in [-0.1, -0.05) is 0 Å². The summed E-state index contributed by atoms with van der Waals surface area (Å²) in [5.74, 6) is 0. The minimum Gasteiger partial charge on any atom is -0.374 e. The molecule has 3 nitrogen and oxygen atoms in total. The molecule has 2 N–H and O–H groups in total. The van der Waals surface area contributed by atoms with Crippen LogP contribution in [0.15, 0.2) is 11.7 Å². The molecule has 0 saturated carbocycles. The Labute approximate surface area is 76.6 Å². The average Bonchev–Trinajstić information content (AvgIpc) is 2.36. The minimum atomic E-state index is -0.245. The van der Waals surface area contributed by atoms with Gasteiger partial charge in [-0.15, -0.1) is 11.3 Å². The van der Waals surface area contributed by atoms with Crippen LogP contribution in [0.4, 0.5) is 0 Å². The number of hydrogen-bond acceptors (Lipinski definition) is 4. The maximum atomic E-state index is 5.74. The van der Waals surface area contributed by atoms with Crippen LogP contribution in [0.5, 0.6) is 0 Å². The fourth-order valence-corrected chi connectivity index (χ4v) is 1.26. The molecule has 1 heterocycles. The molecule has 0 aliphatic rings. The molecule has 0 bridgehead atoms. The van der Waals surface area contributed by atoms with Crippen molar-refractivity contribution in [1.82, 2.24) is 4.98 Å². The molecule has 0 spiro atoms. The largest absolute Gasteiger partial charge is 0.374 e. The smallest absolute Gasteiger partial charge is 0.0826 e. The molecule has 0 fully saturated rings. The van der Waals surface area contributed by atoms with Crippen LogP contribution in [-0.4, -0.2) is 17.1 Å². The lowest BCUT2D eigenvalue weighted by Gasteiger charge is -2.17. The molecule has 1 aromatic rings. The van der Waals surface area contributed by atoms with E-state index < -0.39 is 0 Å². The Hall–Kier alpha value is -0.450. The second kappa shape index (κ2) is 3.98. The first-order valence-electron chi connectivity index (χ1n) is 3.82. The maximum absolute atomic E-state index is 5.74. The third kappa shape index (κ3) is 3.80. The van der Waals surface area contributed by atoms with E-state index in [0.29, 0.717) is 13.2 Å². The highest BCUT2D eigenvalue weighted by Gasteiger charge is 2.10. The Morgan fingerprint density at radius 1 is 1.67 bits per heavy atom. The fourth-order valence-electron chi connectivity index (χ4n) is 0.728. The lowest BCUT2D eigenvalue weighted by atomic mass is 10.1. The van der Waals surface area contributed by atoms with Gasteiger partial charge in [0.1, 0.15) is 0 Å². The zero-order chi connectivity index (χ0) is 9.03. The number of nitrogens with zero attached hydrogens (tertiary/aromatic N) is 1. The van der Waals surface area contributed by atoms with E-state index >= 15 is 0 Å². The van der Waals surface area contributed by atoms with E-state index in [1.165, 1.54) is 0 Å². The summed E-state index contributed by atoms with van der Waals surface area (Å²) in [6.07, 6.45) is 1.81. The SMILES string of the molecule is CC(C)(N)COCc1cncs1. The van der Waals surface area contributed by atoms with Crippen LogP contribution < -0.4 is 5.73 Å². The van der Waals surface area contributed by atoms with Gasteiger partial charge in [0.15, 0.2) is 0 Å². The first-order chi connectivity index (χ1) is 5.58. The highest BCUT2D eigenvalue weighted by molar-refractivity contribution is 7.09. The lowest BCUT2D eigenvalue weighted by molar-refractivity contribution is 0.0867. The Balaban J connectivity index is 2.20. The van der Waals surface area contributed by atoms with Gasteiger partial charge in [0, 0.05) is 11.7 Å². The van der Waals surface area contributed by atoms with E-state index in [0.717, 1.165) is 4.88 Å². The third-order valence-electron chi connectivity index (χ3n) is 1.20. The summed E-state index contributed by atoms with van der Waals surface area (Å²) in [5.41, 5.74) is 7.29.